The molecule has 0 spiro atoms. The van der Waals surface area contributed by atoms with E-state index in [0.717, 1.165) is 16.9 Å². The zero-order chi connectivity index (χ0) is 24.2. The molecule has 2 amide bonds. The van der Waals surface area contributed by atoms with Gasteiger partial charge in [-0.25, -0.2) is 8.42 Å². The lowest BCUT2D eigenvalue weighted by Gasteiger charge is -2.19. The number of nitrogens with one attached hydrogen (secondary N) is 3. The van der Waals surface area contributed by atoms with E-state index in [1.54, 1.807) is 47.8 Å². The van der Waals surface area contributed by atoms with E-state index in [9.17, 15) is 18.0 Å². The summed E-state index contributed by atoms with van der Waals surface area (Å²) in [4.78, 5) is 25.4. The third-order valence-electron chi connectivity index (χ3n) is 4.93. The summed E-state index contributed by atoms with van der Waals surface area (Å²) in [6.45, 7) is 7.76. The highest BCUT2D eigenvalue weighted by Crippen LogP contribution is 2.25. The van der Waals surface area contributed by atoms with Gasteiger partial charge in [0.2, 0.25) is 5.91 Å². The molecule has 0 bridgehead atoms. The second-order valence-corrected chi connectivity index (χ2v) is 11.5. The van der Waals surface area contributed by atoms with Crippen LogP contribution in [0.3, 0.4) is 0 Å². The molecular formula is C24H27N3O4S2. The van der Waals surface area contributed by atoms with Crippen molar-refractivity contribution in [3.8, 4) is 0 Å². The number of thiophene rings is 1. The van der Waals surface area contributed by atoms with E-state index in [1.807, 2.05) is 12.1 Å². The van der Waals surface area contributed by atoms with Crippen molar-refractivity contribution in [2.24, 2.45) is 0 Å². The highest BCUT2D eigenvalue weighted by molar-refractivity contribution is 7.91. The Morgan fingerprint density at radius 1 is 0.879 bits per heavy atom. The molecule has 174 valence electrons. The second-order valence-electron chi connectivity index (χ2n) is 8.59. The number of anilines is 2. The number of rotatable bonds is 7. The third-order valence-corrected chi connectivity index (χ3v) is 7.87. The minimum Gasteiger partial charge on any atom is -0.323 e. The lowest BCUT2D eigenvalue weighted by Crippen LogP contribution is -2.41. The van der Waals surface area contributed by atoms with E-state index in [2.05, 4.69) is 36.1 Å². The van der Waals surface area contributed by atoms with Crippen molar-refractivity contribution in [2.75, 3.05) is 10.6 Å². The SMILES string of the molecule is CC(NS(=O)(=O)c1cccs1)C(=O)Nc1ccccc1NC(=O)c1ccc(C(C)(C)C)cc1. The predicted octanol–water partition coefficient (Wildman–Crippen LogP) is 4.60. The molecule has 33 heavy (non-hydrogen) atoms. The summed E-state index contributed by atoms with van der Waals surface area (Å²) >= 11 is 1.07. The highest BCUT2D eigenvalue weighted by Gasteiger charge is 2.23. The highest BCUT2D eigenvalue weighted by atomic mass is 32.2. The van der Waals surface area contributed by atoms with Crippen LogP contribution in [0.4, 0.5) is 11.4 Å². The number of carbonyl (C=O) groups is 2. The number of benzene rings is 2. The summed E-state index contributed by atoms with van der Waals surface area (Å²) in [7, 11) is -3.79. The zero-order valence-electron chi connectivity index (χ0n) is 18.9. The molecule has 0 fully saturated rings. The smallest absolute Gasteiger partial charge is 0.255 e. The Bertz CT molecular complexity index is 1230. The fraction of sp³-hybridized carbons (Fsp3) is 0.250. The van der Waals surface area contributed by atoms with Crippen molar-refractivity contribution < 1.29 is 18.0 Å². The first-order chi connectivity index (χ1) is 15.5. The van der Waals surface area contributed by atoms with Gasteiger partial charge in [0.25, 0.3) is 15.9 Å². The molecule has 9 heteroatoms. The van der Waals surface area contributed by atoms with Gasteiger partial charge in [0.15, 0.2) is 0 Å². The first-order valence-electron chi connectivity index (χ1n) is 10.3. The average molecular weight is 486 g/mol. The largest absolute Gasteiger partial charge is 0.323 e. The van der Waals surface area contributed by atoms with Gasteiger partial charge in [-0.3, -0.25) is 9.59 Å². The Morgan fingerprint density at radius 3 is 2.03 bits per heavy atom. The minimum absolute atomic E-state index is 0.0202. The van der Waals surface area contributed by atoms with Crippen LogP contribution in [-0.2, 0) is 20.2 Å². The van der Waals surface area contributed by atoms with Gasteiger partial charge in [-0.15, -0.1) is 11.3 Å². The molecule has 0 aliphatic heterocycles. The van der Waals surface area contributed by atoms with E-state index in [0.29, 0.717) is 16.9 Å². The third kappa shape index (κ3) is 6.28. The van der Waals surface area contributed by atoms with Gasteiger partial charge >= 0.3 is 0 Å². The molecule has 7 nitrogen and oxygen atoms in total. The van der Waals surface area contributed by atoms with Crippen LogP contribution < -0.4 is 15.4 Å². The Balaban J connectivity index is 1.70. The molecule has 0 radical (unpaired) electrons. The maximum Gasteiger partial charge on any atom is 0.255 e. The molecule has 1 unspecified atom stereocenters. The quantitative estimate of drug-likeness (QED) is 0.455. The molecule has 0 aliphatic carbocycles. The predicted molar refractivity (Wildman–Crippen MR) is 132 cm³/mol. The molecular weight excluding hydrogens is 458 g/mol. The van der Waals surface area contributed by atoms with Crippen molar-refractivity contribution in [2.45, 2.75) is 43.4 Å². The maximum atomic E-state index is 12.8. The van der Waals surface area contributed by atoms with Gasteiger partial charge in [-0.05, 0) is 53.6 Å². The Labute approximate surface area is 198 Å². The van der Waals surface area contributed by atoms with Gasteiger partial charge in [0, 0.05) is 5.56 Å². The minimum atomic E-state index is -3.79. The van der Waals surface area contributed by atoms with Gasteiger partial charge in [-0.2, -0.15) is 4.72 Å². The number of amides is 2. The molecule has 0 saturated heterocycles. The summed E-state index contributed by atoms with van der Waals surface area (Å²) < 4.78 is 27.3. The summed E-state index contributed by atoms with van der Waals surface area (Å²) in [5, 5.41) is 7.14. The molecule has 3 rings (SSSR count). The van der Waals surface area contributed by atoms with Crippen LogP contribution in [0.5, 0.6) is 0 Å². The van der Waals surface area contributed by atoms with Crippen molar-refractivity contribution in [3.05, 3.63) is 77.2 Å². The Kier molecular flexibility index (Phi) is 7.36. The molecule has 3 N–H and O–H groups in total. The Hall–Kier alpha value is -3.01. The van der Waals surface area contributed by atoms with Crippen LogP contribution >= 0.6 is 11.3 Å². The summed E-state index contributed by atoms with van der Waals surface area (Å²) in [6.07, 6.45) is 0. The van der Waals surface area contributed by atoms with E-state index >= 15 is 0 Å². The van der Waals surface area contributed by atoms with E-state index in [1.165, 1.54) is 13.0 Å². The van der Waals surface area contributed by atoms with Crippen LogP contribution in [0.15, 0.2) is 70.3 Å². The van der Waals surface area contributed by atoms with Crippen LogP contribution in [0.2, 0.25) is 0 Å². The van der Waals surface area contributed by atoms with Gasteiger partial charge in [0.1, 0.15) is 4.21 Å². The molecule has 1 heterocycles. The average Bonchev–Trinajstić information content (AvgIpc) is 3.30. The monoisotopic (exact) mass is 485 g/mol. The van der Waals surface area contributed by atoms with Gasteiger partial charge < -0.3 is 10.6 Å². The number of para-hydroxylation sites is 2. The molecule has 0 saturated carbocycles. The lowest BCUT2D eigenvalue weighted by atomic mass is 9.87. The molecule has 3 aromatic rings. The molecule has 1 atom stereocenters. The summed E-state index contributed by atoms with van der Waals surface area (Å²) in [5.74, 6) is -0.866. The first-order valence-corrected chi connectivity index (χ1v) is 12.7. The van der Waals surface area contributed by atoms with Crippen LogP contribution in [0, 0.1) is 0 Å². The van der Waals surface area contributed by atoms with Crippen molar-refractivity contribution in [3.63, 3.8) is 0 Å². The second kappa shape index (κ2) is 9.86. The number of carbonyl (C=O) groups excluding carboxylic acids is 2. The van der Waals surface area contributed by atoms with Crippen LogP contribution in [0.25, 0.3) is 0 Å². The van der Waals surface area contributed by atoms with Crippen molar-refractivity contribution >= 4 is 44.5 Å². The molecule has 1 aromatic heterocycles. The van der Waals surface area contributed by atoms with Crippen LogP contribution in [0.1, 0.15) is 43.6 Å². The summed E-state index contributed by atoms with van der Waals surface area (Å²) in [6, 6.07) is 16.2. The van der Waals surface area contributed by atoms with Crippen LogP contribution in [-0.4, -0.2) is 26.3 Å². The van der Waals surface area contributed by atoms with Crippen molar-refractivity contribution in [1.82, 2.24) is 4.72 Å². The summed E-state index contributed by atoms with van der Waals surface area (Å²) in [5.41, 5.74) is 2.36. The zero-order valence-corrected chi connectivity index (χ0v) is 20.5. The van der Waals surface area contributed by atoms with E-state index in [-0.39, 0.29) is 15.5 Å². The normalized spacial score (nSPS) is 12.7. The first kappa shape index (κ1) is 24.6. The standard InChI is InChI=1S/C24H27N3O4S2/c1-16(27-33(30,31)21-10-7-15-32-21)22(28)25-19-8-5-6-9-20(19)26-23(29)17-11-13-18(14-12-17)24(2,3)4/h5-16,27H,1-4H3,(H,25,28)(H,26,29). The fourth-order valence-electron chi connectivity index (χ4n) is 3.02. The van der Waals surface area contributed by atoms with E-state index < -0.39 is 22.0 Å². The Morgan fingerprint density at radius 2 is 1.48 bits per heavy atom. The topological polar surface area (TPSA) is 104 Å². The fourth-order valence-corrected chi connectivity index (χ4v) is 5.23. The lowest BCUT2D eigenvalue weighted by molar-refractivity contribution is -0.117. The number of hydrogen-bond acceptors (Lipinski definition) is 5. The van der Waals surface area contributed by atoms with Crippen molar-refractivity contribution in [1.29, 1.82) is 0 Å². The number of hydrogen-bond donors (Lipinski definition) is 3. The maximum absolute atomic E-state index is 12.8. The van der Waals surface area contributed by atoms with Gasteiger partial charge in [0.05, 0.1) is 17.4 Å². The van der Waals surface area contributed by atoms with E-state index in [4.69, 9.17) is 0 Å². The van der Waals surface area contributed by atoms with Gasteiger partial charge in [-0.1, -0.05) is 51.1 Å². The number of sulfonamides is 1. The molecule has 0 aliphatic rings. The molecule has 2 aromatic carbocycles.